The monoisotopic (exact) mass is 486 g/mol. The molecule has 1 aromatic heterocycles. The van der Waals surface area contributed by atoms with Crippen molar-refractivity contribution in [1.29, 1.82) is 0 Å². The number of aromatic nitrogens is 1. The van der Waals surface area contributed by atoms with Crippen molar-refractivity contribution in [2.45, 2.75) is 59.1 Å². The topological polar surface area (TPSA) is 107 Å². The van der Waals surface area contributed by atoms with Gasteiger partial charge in [0.15, 0.2) is 23.2 Å². The van der Waals surface area contributed by atoms with Gasteiger partial charge in [0.2, 0.25) is 0 Å². The fourth-order valence-electron chi connectivity index (χ4n) is 3.69. The molecule has 1 aromatic carbocycles. The zero-order valence-corrected chi connectivity index (χ0v) is 21.3. The van der Waals surface area contributed by atoms with E-state index in [9.17, 15) is 14.7 Å². The second-order valence-corrected chi connectivity index (χ2v) is 9.25. The molecule has 2 unspecified atom stereocenters. The first kappa shape index (κ1) is 28.1. The zero-order chi connectivity index (χ0) is 25.8. The second-order valence-electron chi connectivity index (χ2n) is 9.25. The van der Waals surface area contributed by atoms with Crippen LogP contribution in [0.4, 0.5) is 0 Å². The Kier molecular flexibility index (Phi) is 11.5. The van der Waals surface area contributed by atoms with Crippen LogP contribution in [0.3, 0.4) is 0 Å². The Bertz CT molecular complexity index is 935. The van der Waals surface area contributed by atoms with Gasteiger partial charge in [-0.25, -0.2) is 9.78 Å². The Morgan fingerprint density at radius 1 is 1.23 bits per heavy atom. The average Bonchev–Trinajstić information content (AvgIpc) is 2.88. The van der Waals surface area contributed by atoms with Crippen molar-refractivity contribution in [2.24, 2.45) is 11.8 Å². The molecule has 1 fully saturated rings. The largest absolute Gasteiger partial charge is 0.503 e. The van der Waals surface area contributed by atoms with Gasteiger partial charge in [-0.2, -0.15) is 0 Å². The number of cyclic esters (lactones) is 1. The maximum Gasteiger partial charge on any atom is 0.331 e. The fourth-order valence-corrected chi connectivity index (χ4v) is 3.69. The van der Waals surface area contributed by atoms with Crippen molar-refractivity contribution in [1.82, 2.24) is 10.3 Å². The molecule has 2 aromatic rings. The first-order valence-corrected chi connectivity index (χ1v) is 12.0. The summed E-state index contributed by atoms with van der Waals surface area (Å²) in [6, 6.07) is 10.7. The van der Waals surface area contributed by atoms with Crippen LogP contribution >= 0.6 is 0 Å². The third-order valence-corrected chi connectivity index (χ3v) is 5.63. The van der Waals surface area contributed by atoms with Crippen LogP contribution < -0.4 is 10.1 Å². The van der Waals surface area contributed by atoms with Gasteiger partial charge in [-0.15, -0.1) is 0 Å². The maximum absolute atomic E-state index is 12.5. The van der Waals surface area contributed by atoms with E-state index in [1.807, 2.05) is 25.1 Å². The Hall–Kier alpha value is -3.13. The van der Waals surface area contributed by atoms with Crippen molar-refractivity contribution in [3.05, 3.63) is 53.9 Å². The van der Waals surface area contributed by atoms with Crippen LogP contribution in [-0.2, 0) is 14.3 Å². The molecule has 3 atom stereocenters. The van der Waals surface area contributed by atoms with Gasteiger partial charge in [0.1, 0.15) is 0 Å². The van der Waals surface area contributed by atoms with E-state index in [2.05, 4.69) is 43.2 Å². The van der Waals surface area contributed by atoms with Crippen molar-refractivity contribution in [3.8, 4) is 11.5 Å². The lowest BCUT2D eigenvalue weighted by molar-refractivity contribution is -0.151. The van der Waals surface area contributed by atoms with Gasteiger partial charge in [-0.05, 0) is 38.5 Å². The molecule has 2 N–H and O–H groups in total. The Morgan fingerprint density at radius 2 is 1.94 bits per heavy atom. The van der Waals surface area contributed by atoms with Gasteiger partial charge < -0.3 is 24.6 Å². The third-order valence-electron chi connectivity index (χ3n) is 5.63. The van der Waals surface area contributed by atoms with Gasteiger partial charge in [0, 0.05) is 18.9 Å². The second kappa shape index (κ2) is 14.3. The van der Waals surface area contributed by atoms with Crippen molar-refractivity contribution >= 4 is 11.9 Å². The van der Waals surface area contributed by atoms with Crippen LogP contribution in [0.15, 0.2) is 42.6 Å². The third kappa shape index (κ3) is 9.56. The molecule has 2 heterocycles. The predicted octanol–water partition coefficient (Wildman–Crippen LogP) is 4.29. The van der Waals surface area contributed by atoms with Crippen molar-refractivity contribution in [3.63, 3.8) is 0 Å². The van der Waals surface area contributed by atoms with E-state index in [1.165, 1.54) is 24.9 Å². The molecular formula is C27H38N2O6. The van der Waals surface area contributed by atoms with Crippen LogP contribution in [0.2, 0.25) is 0 Å². The lowest BCUT2D eigenvalue weighted by atomic mass is 9.94. The summed E-state index contributed by atoms with van der Waals surface area (Å²) >= 11 is 0. The minimum atomic E-state index is -0.980. The molecule has 1 aliphatic heterocycles. The van der Waals surface area contributed by atoms with Crippen LogP contribution in [0.5, 0.6) is 11.5 Å². The Balaban J connectivity index is 0.000000527. The number of esters is 1. The SMILES string of the molecule is COc1ccnc(C(=O)N[C@H]2COCC(CCC(C)C)CC(C)OC2=O)c1O.Cc1ccccc1. The quantitative estimate of drug-likeness (QED) is 0.587. The standard InChI is InChI=1S/C20H30N2O6.C7H8/c1-12(2)5-6-14-9-13(3)28-20(25)15(11-27-10-14)22-19(24)17-18(23)16(26-4)7-8-21-17;1-7-5-3-2-4-6-7/h7-8,12-15,23H,5-6,9-11H2,1-4H3,(H,22,24);2-6H,1H3/t13?,14?,15-;/m0./s1. The molecule has 192 valence electrons. The molecule has 35 heavy (non-hydrogen) atoms. The highest BCUT2D eigenvalue weighted by molar-refractivity contribution is 5.98. The van der Waals surface area contributed by atoms with E-state index in [0.29, 0.717) is 18.4 Å². The predicted molar refractivity (Wildman–Crippen MR) is 133 cm³/mol. The summed E-state index contributed by atoms with van der Waals surface area (Å²) < 4.78 is 16.2. The number of carbonyl (C=O) groups excluding carboxylic acids is 2. The molecule has 8 nitrogen and oxygen atoms in total. The first-order valence-electron chi connectivity index (χ1n) is 12.0. The Labute approximate surface area is 208 Å². The maximum atomic E-state index is 12.5. The lowest BCUT2D eigenvalue weighted by Gasteiger charge is -2.20. The molecule has 1 amide bonds. The summed E-state index contributed by atoms with van der Waals surface area (Å²) in [4.78, 5) is 28.8. The van der Waals surface area contributed by atoms with Gasteiger partial charge in [0.25, 0.3) is 5.91 Å². The van der Waals surface area contributed by atoms with E-state index >= 15 is 0 Å². The van der Waals surface area contributed by atoms with Crippen LogP contribution in [0, 0.1) is 18.8 Å². The summed E-state index contributed by atoms with van der Waals surface area (Å²) in [7, 11) is 1.37. The number of aromatic hydroxyl groups is 1. The summed E-state index contributed by atoms with van der Waals surface area (Å²) in [6.45, 7) is 8.78. The fraction of sp³-hybridized carbons (Fsp3) is 0.519. The highest BCUT2D eigenvalue weighted by atomic mass is 16.5. The molecule has 0 aliphatic carbocycles. The van der Waals surface area contributed by atoms with Gasteiger partial charge in [-0.3, -0.25) is 4.79 Å². The number of benzene rings is 1. The van der Waals surface area contributed by atoms with E-state index < -0.39 is 17.9 Å². The van der Waals surface area contributed by atoms with Gasteiger partial charge in [0.05, 0.1) is 19.8 Å². The Morgan fingerprint density at radius 3 is 2.54 bits per heavy atom. The number of aryl methyl sites for hydroxylation is 1. The minimum Gasteiger partial charge on any atom is -0.503 e. The van der Waals surface area contributed by atoms with Crippen LogP contribution in [0.25, 0.3) is 0 Å². The van der Waals surface area contributed by atoms with E-state index in [4.69, 9.17) is 14.2 Å². The lowest BCUT2D eigenvalue weighted by Crippen LogP contribution is -2.45. The average molecular weight is 487 g/mol. The minimum absolute atomic E-state index is 0.000201. The zero-order valence-electron chi connectivity index (χ0n) is 21.3. The van der Waals surface area contributed by atoms with E-state index in [-0.39, 0.29) is 29.9 Å². The number of rotatable bonds is 6. The summed E-state index contributed by atoms with van der Waals surface area (Å²) in [5.41, 5.74) is 1.09. The number of methoxy groups -OCH3 is 1. The molecule has 0 spiro atoms. The van der Waals surface area contributed by atoms with E-state index in [1.54, 1.807) is 0 Å². The molecule has 0 saturated carbocycles. The molecule has 8 heteroatoms. The van der Waals surface area contributed by atoms with Crippen molar-refractivity contribution < 1.29 is 28.9 Å². The summed E-state index contributed by atoms with van der Waals surface area (Å²) in [5.74, 6) is -0.640. The molecular weight excluding hydrogens is 448 g/mol. The number of nitrogens with one attached hydrogen (secondary N) is 1. The highest BCUT2D eigenvalue weighted by Gasteiger charge is 2.30. The number of amides is 1. The summed E-state index contributed by atoms with van der Waals surface area (Å²) in [6.07, 6.45) is 3.87. The molecule has 3 rings (SSSR count). The molecule has 0 bridgehead atoms. The molecule has 1 aliphatic rings. The number of ether oxygens (including phenoxy) is 3. The number of hydrogen-bond acceptors (Lipinski definition) is 7. The van der Waals surface area contributed by atoms with E-state index in [0.717, 1.165) is 19.3 Å². The number of hydrogen-bond donors (Lipinski definition) is 2. The number of pyridine rings is 1. The van der Waals surface area contributed by atoms with Gasteiger partial charge >= 0.3 is 5.97 Å². The summed E-state index contributed by atoms with van der Waals surface area (Å²) in [5, 5.41) is 12.6. The highest BCUT2D eigenvalue weighted by Crippen LogP contribution is 2.27. The molecule has 1 saturated heterocycles. The van der Waals surface area contributed by atoms with Crippen LogP contribution in [-0.4, -0.2) is 54.4 Å². The number of carbonyl (C=O) groups is 2. The molecule has 0 radical (unpaired) electrons. The van der Waals surface area contributed by atoms with Crippen molar-refractivity contribution in [2.75, 3.05) is 20.3 Å². The normalized spacial score (nSPS) is 20.4. The first-order chi connectivity index (χ1) is 16.7. The van der Waals surface area contributed by atoms with Crippen LogP contribution in [0.1, 0.15) is 56.1 Å². The smallest absolute Gasteiger partial charge is 0.331 e. The van der Waals surface area contributed by atoms with Gasteiger partial charge in [-0.1, -0.05) is 56.2 Å². The number of nitrogens with zero attached hydrogens (tertiary/aromatic N) is 1.